The van der Waals surface area contributed by atoms with Crippen LogP contribution in [0.4, 0.5) is 0 Å². The molecule has 0 saturated heterocycles. The predicted molar refractivity (Wildman–Crippen MR) is 71.2 cm³/mol. The number of carboxylic acid groups (broad SMARTS) is 1. The van der Waals surface area contributed by atoms with Crippen molar-refractivity contribution in [2.75, 3.05) is 20.5 Å². The van der Waals surface area contributed by atoms with Crippen molar-refractivity contribution in [3.8, 4) is 11.5 Å². The van der Waals surface area contributed by atoms with Gasteiger partial charge in [-0.15, -0.1) is 0 Å². The lowest BCUT2D eigenvalue weighted by Crippen LogP contribution is -2.21. The Labute approximate surface area is 117 Å². The molecule has 1 saturated carbocycles. The van der Waals surface area contributed by atoms with Gasteiger partial charge in [-0.2, -0.15) is 0 Å². The molecular weight excluding hydrogens is 284 g/mol. The number of rotatable bonds is 5. The Morgan fingerprint density at radius 2 is 1.75 bits per heavy atom. The van der Waals surface area contributed by atoms with Crippen LogP contribution in [0.15, 0.2) is 17.0 Å². The number of carboxylic acids is 1. The summed E-state index contributed by atoms with van der Waals surface area (Å²) < 4.78 is 33.7. The summed E-state index contributed by atoms with van der Waals surface area (Å²) in [5.74, 6) is -0.549. The van der Waals surface area contributed by atoms with E-state index < -0.39 is 21.2 Å². The average Bonchev–Trinajstić information content (AvgIpc) is 3.17. The lowest BCUT2D eigenvalue weighted by atomic mass is 9.95. The van der Waals surface area contributed by atoms with E-state index >= 15 is 0 Å². The van der Waals surface area contributed by atoms with Gasteiger partial charge in [0, 0.05) is 17.9 Å². The second kappa shape index (κ2) is 4.66. The van der Waals surface area contributed by atoms with Crippen LogP contribution in [0.1, 0.15) is 18.4 Å². The molecule has 0 heterocycles. The summed E-state index contributed by atoms with van der Waals surface area (Å²) in [5.41, 5.74) is -0.536. The van der Waals surface area contributed by atoms with Gasteiger partial charge in [0.2, 0.25) is 0 Å². The Morgan fingerprint density at radius 1 is 1.20 bits per heavy atom. The molecule has 1 N–H and O–H groups in total. The highest BCUT2D eigenvalue weighted by Gasteiger charge is 2.53. The molecule has 0 radical (unpaired) electrons. The maximum absolute atomic E-state index is 11.7. The summed E-state index contributed by atoms with van der Waals surface area (Å²) in [6, 6.07) is 2.78. The van der Waals surface area contributed by atoms with Gasteiger partial charge in [0.05, 0.1) is 19.6 Å². The van der Waals surface area contributed by atoms with Crippen LogP contribution < -0.4 is 9.47 Å². The molecule has 0 unspecified atom stereocenters. The van der Waals surface area contributed by atoms with E-state index in [1.54, 1.807) is 0 Å². The summed E-state index contributed by atoms with van der Waals surface area (Å²) in [6.45, 7) is 0. The van der Waals surface area contributed by atoms with Crippen molar-refractivity contribution in [2.24, 2.45) is 0 Å². The van der Waals surface area contributed by atoms with Crippen molar-refractivity contribution in [1.82, 2.24) is 0 Å². The first-order valence-electron chi connectivity index (χ1n) is 5.96. The molecular formula is C13H16O6S. The highest BCUT2D eigenvalue weighted by atomic mass is 32.2. The normalized spacial score (nSPS) is 16.6. The van der Waals surface area contributed by atoms with Crippen LogP contribution in [-0.2, 0) is 20.0 Å². The van der Waals surface area contributed by atoms with E-state index in [0.29, 0.717) is 18.4 Å². The molecule has 20 heavy (non-hydrogen) atoms. The molecule has 0 atom stereocenters. The lowest BCUT2D eigenvalue weighted by Gasteiger charge is -2.18. The van der Waals surface area contributed by atoms with Gasteiger partial charge < -0.3 is 14.6 Å². The Hall–Kier alpha value is -1.76. The fourth-order valence-corrected chi connectivity index (χ4v) is 3.09. The fourth-order valence-electron chi connectivity index (χ4n) is 2.26. The number of aliphatic carboxylic acids is 1. The van der Waals surface area contributed by atoms with E-state index in [9.17, 15) is 18.3 Å². The zero-order chi connectivity index (χ0) is 15.1. The van der Waals surface area contributed by atoms with Gasteiger partial charge >= 0.3 is 5.97 Å². The van der Waals surface area contributed by atoms with Crippen molar-refractivity contribution >= 4 is 15.8 Å². The minimum Gasteiger partial charge on any atom is -0.496 e. The zero-order valence-electron chi connectivity index (χ0n) is 11.5. The van der Waals surface area contributed by atoms with E-state index in [0.717, 1.165) is 6.26 Å². The lowest BCUT2D eigenvalue weighted by molar-refractivity contribution is -0.140. The first kappa shape index (κ1) is 14.6. The largest absolute Gasteiger partial charge is 0.496 e. The third-order valence-electron chi connectivity index (χ3n) is 3.56. The molecule has 0 spiro atoms. The van der Waals surface area contributed by atoms with Crippen LogP contribution in [0.2, 0.25) is 0 Å². The maximum Gasteiger partial charge on any atom is 0.314 e. The van der Waals surface area contributed by atoms with Gasteiger partial charge in [0.25, 0.3) is 0 Å². The minimum atomic E-state index is -3.49. The molecule has 1 fully saturated rings. The quantitative estimate of drug-likeness (QED) is 0.879. The Balaban J connectivity index is 2.69. The number of hydrogen-bond acceptors (Lipinski definition) is 5. The van der Waals surface area contributed by atoms with E-state index in [2.05, 4.69) is 0 Å². The summed E-state index contributed by atoms with van der Waals surface area (Å²) in [7, 11) is -0.761. The Bertz CT molecular complexity index is 658. The Morgan fingerprint density at radius 3 is 2.10 bits per heavy atom. The van der Waals surface area contributed by atoms with Gasteiger partial charge in [-0.1, -0.05) is 0 Å². The van der Waals surface area contributed by atoms with Crippen LogP contribution in [0, 0.1) is 0 Å². The van der Waals surface area contributed by atoms with Crippen molar-refractivity contribution in [3.05, 3.63) is 17.7 Å². The number of hydrogen-bond donors (Lipinski definition) is 1. The smallest absolute Gasteiger partial charge is 0.314 e. The second-order valence-corrected chi connectivity index (χ2v) is 6.85. The van der Waals surface area contributed by atoms with E-state index in [1.165, 1.54) is 26.4 Å². The van der Waals surface area contributed by atoms with Gasteiger partial charge in [-0.3, -0.25) is 4.79 Å². The van der Waals surface area contributed by atoms with Gasteiger partial charge in [0.1, 0.15) is 16.4 Å². The van der Waals surface area contributed by atoms with E-state index in [4.69, 9.17) is 9.47 Å². The number of benzene rings is 1. The highest BCUT2D eigenvalue weighted by Crippen LogP contribution is 2.53. The third kappa shape index (κ3) is 2.22. The SMILES string of the molecule is COc1cc(S(C)(=O)=O)c(OC)cc1C1(C(=O)O)CC1. The van der Waals surface area contributed by atoms with Gasteiger partial charge in [-0.05, 0) is 18.9 Å². The van der Waals surface area contributed by atoms with Crippen LogP contribution >= 0.6 is 0 Å². The minimum absolute atomic E-state index is 0.0122. The Kier molecular flexibility index (Phi) is 3.41. The van der Waals surface area contributed by atoms with E-state index in [-0.39, 0.29) is 16.4 Å². The van der Waals surface area contributed by atoms with Crippen LogP contribution in [0.5, 0.6) is 11.5 Å². The summed E-state index contributed by atoms with van der Waals surface area (Å²) in [6.07, 6.45) is 2.06. The molecule has 2 rings (SSSR count). The van der Waals surface area contributed by atoms with Crippen molar-refractivity contribution in [1.29, 1.82) is 0 Å². The molecule has 7 heteroatoms. The predicted octanol–water partition coefficient (Wildman–Crippen LogP) is 1.22. The molecule has 1 aliphatic rings. The topological polar surface area (TPSA) is 89.9 Å². The molecule has 0 aliphatic heterocycles. The third-order valence-corrected chi connectivity index (χ3v) is 4.68. The summed E-state index contributed by atoms with van der Waals surface area (Å²) in [4.78, 5) is 11.4. The van der Waals surface area contributed by atoms with E-state index in [1.807, 2.05) is 0 Å². The molecule has 1 aliphatic carbocycles. The second-order valence-electron chi connectivity index (χ2n) is 4.86. The van der Waals surface area contributed by atoms with Crippen LogP contribution in [0.25, 0.3) is 0 Å². The van der Waals surface area contributed by atoms with Gasteiger partial charge in [0.15, 0.2) is 9.84 Å². The maximum atomic E-state index is 11.7. The number of ether oxygens (including phenoxy) is 2. The van der Waals surface area contributed by atoms with Crippen LogP contribution in [-0.4, -0.2) is 40.0 Å². The molecule has 6 nitrogen and oxygen atoms in total. The average molecular weight is 300 g/mol. The summed E-state index contributed by atoms with van der Waals surface area (Å²) in [5, 5.41) is 9.36. The number of sulfone groups is 1. The molecule has 0 bridgehead atoms. The summed E-state index contributed by atoms with van der Waals surface area (Å²) >= 11 is 0. The van der Waals surface area contributed by atoms with Crippen molar-refractivity contribution < 1.29 is 27.8 Å². The highest BCUT2D eigenvalue weighted by molar-refractivity contribution is 7.90. The molecule has 1 aromatic rings. The molecule has 110 valence electrons. The fraction of sp³-hybridized carbons (Fsp3) is 0.462. The van der Waals surface area contributed by atoms with Crippen molar-refractivity contribution in [3.63, 3.8) is 0 Å². The van der Waals surface area contributed by atoms with Crippen LogP contribution in [0.3, 0.4) is 0 Å². The first-order chi connectivity index (χ1) is 9.26. The van der Waals surface area contributed by atoms with Gasteiger partial charge in [-0.25, -0.2) is 8.42 Å². The van der Waals surface area contributed by atoms with Crippen molar-refractivity contribution in [2.45, 2.75) is 23.2 Å². The standard InChI is InChI=1S/C13H16O6S/c1-18-9-7-11(20(3,16)17)10(19-2)6-8(9)13(4-5-13)12(14)15/h6-7H,4-5H2,1-3H3,(H,14,15). The monoisotopic (exact) mass is 300 g/mol. The molecule has 0 aromatic heterocycles. The zero-order valence-corrected chi connectivity index (χ0v) is 12.3. The number of methoxy groups -OCH3 is 2. The molecule has 0 amide bonds. The molecule has 1 aromatic carbocycles. The first-order valence-corrected chi connectivity index (χ1v) is 7.85. The number of carbonyl (C=O) groups is 1.